The number of anilines is 1. The lowest BCUT2D eigenvalue weighted by molar-refractivity contribution is 0.0947. The number of aromatic nitrogens is 1. The molecule has 0 atom stereocenters. The standard InChI is InChI=1S/C29H30FN5O3S2/c30-25-6-3-7-26-27(25)32-29(39-26)34-18-16-33(17-19-34)15-13-31-28(36)22-8-10-24(11-9-22)40(37,38)35-14-12-21-4-1-2-5-23(21)20-35/h1-11H,12-20H2,(H,31,36). The van der Waals surface area contributed by atoms with Crippen LogP contribution in [0, 0.1) is 5.82 Å². The van der Waals surface area contributed by atoms with E-state index >= 15 is 0 Å². The van der Waals surface area contributed by atoms with E-state index < -0.39 is 10.0 Å². The van der Waals surface area contributed by atoms with Crippen molar-refractivity contribution in [2.75, 3.05) is 50.7 Å². The highest BCUT2D eigenvalue weighted by atomic mass is 32.2. The van der Waals surface area contributed by atoms with Crippen molar-refractivity contribution in [3.8, 4) is 0 Å². The number of nitrogens with one attached hydrogen (secondary N) is 1. The second-order valence-corrected chi connectivity index (χ2v) is 13.0. The van der Waals surface area contributed by atoms with E-state index in [0.717, 1.165) is 41.6 Å². The summed E-state index contributed by atoms with van der Waals surface area (Å²) in [7, 11) is -3.64. The Labute approximate surface area is 237 Å². The Morgan fingerprint density at radius 2 is 1.68 bits per heavy atom. The molecule has 11 heteroatoms. The van der Waals surface area contributed by atoms with Crippen LogP contribution in [0.1, 0.15) is 21.5 Å². The number of carbonyl (C=O) groups excluding carboxylic acids is 1. The number of rotatable bonds is 7. The van der Waals surface area contributed by atoms with Gasteiger partial charge in [0.05, 0.1) is 9.60 Å². The molecule has 8 nitrogen and oxygen atoms in total. The summed E-state index contributed by atoms with van der Waals surface area (Å²) in [4.78, 5) is 21.8. The summed E-state index contributed by atoms with van der Waals surface area (Å²) in [5, 5.41) is 3.78. The normalized spacial score (nSPS) is 16.7. The molecular formula is C29H30FN5O3S2. The molecule has 3 heterocycles. The lowest BCUT2D eigenvalue weighted by atomic mass is 10.0. The Balaban J connectivity index is 0.981. The molecule has 4 aromatic rings. The van der Waals surface area contributed by atoms with Crippen LogP contribution in [-0.4, -0.2) is 74.3 Å². The fourth-order valence-corrected chi connectivity index (χ4v) is 7.68. The van der Waals surface area contributed by atoms with Crippen molar-refractivity contribution in [3.05, 3.63) is 89.2 Å². The minimum atomic E-state index is -3.64. The van der Waals surface area contributed by atoms with Gasteiger partial charge in [-0.25, -0.2) is 17.8 Å². The summed E-state index contributed by atoms with van der Waals surface area (Å²) < 4.78 is 42.7. The number of carbonyl (C=O) groups is 1. The molecule has 1 saturated heterocycles. The third-order valence-corrected chi connectivity index (χ3v) is 10.5. The zero-order valence-electron chi connectivity index (χ0n) is 21.9. The molecule has 208 valence electrons. The van der Waals surface area contributed by atoms with Gasteiger partial charge in [-0.2, -0.15) is 4.31 Å². The fourth-order valence-electron chi connectivity index (χ4n) is 5.23. The third-order valence-electron chi connectivity index (χ3n) is 7.56. The van der Waals surface area contributed by atoms with Gasteiger partial charge in [0.15, 0.2) is 5.13 Å². The number of benzene rings is 3. The quantitative estimate of drug-likeness (QED) is 0.359. The minimum absolute atomic E-state index is 0.192. The van der Waals surface area contributed by atoms with E-state index in [1.807, 2.05) is 30.3 Å². The van der Waals surface area contributed by atoms with Crippen LogP contribution in [0.5, 0.6) is 0 Å². The van der Waals surface area contributed by atoms with E-state index in [1.54, 1.807) is 18.2 Å². The van der Waals surface area contributed by atoms with Gasteiger partial charge in [-0.3, -0.25) is 9.69 Å². The summed E-state index contributed by atoms with van der Waals surface area (Å²) in [5.74, 6) is -0.523. The predicted octanol–water partition coefficient (Wildman–Crippen LogP) is 3.73. The maximum absolute atomic E-state index is 14.0. The molecule has 1 fully saturated rings. The Morgan fingerprint density at radius 1 is 0.925 bits per heavy atom. The average Bonchev–Trinajstić information content (AvgIpc) is 3.43. The average molecular weight is 580 g/mol. The number of thiazole rings is 1. The minimum Gasteiger partial charge on any atom is -0.351 e. The van der Waals surface area contributed by atoms with Gasteiger partial charge >= 0.3 is 0 Å². The summed E-state index contributed by atoms with van der Waals surface area (Å²) in [6.45, 7) is 5.20. The second-order valence-electron chi connectivity index (χ2n) is 10.0. The van der Waals surface area contributed by atoms with Crippen molar-refractivity contribution in [3.63, 3.8) is 0 Å². The van der Waals surface area contributed by atoms with Crippen LogP contribution < -0.4 is 10.2 Å². The number of hydrogen-bond acceptors (Lipinski definition) is 7. The van der Waals surface area contributed by atoms with Gasteiger partial charge in [0.2, 0.25) is 10.0 Å². The number of sulfonamides is 1. The maximum atomic E-state index is 14.0. The van der Waals surface area contributed by atoms with Crippen molar-refractivity contribution in [1.29, 1.82) is 0 Å². The van der Waals surface area contributed by atoms with Crippen LogP contribution in [0.2, 0.25) is 0 Å². The van der Waals surface area contributed by atoms with Gasteiger partial charge in [0.1, 0.15) is 11.3 Å². The van der Waals surface area contributed by atoms with E-state index in [4.69, 9.17) is 0 Å². The van der Waals surface area contributed by atoms with Crippen LogP contribution in [0.25, 0.3) is 10.2 Å². The highest BCUT2D eigenvalue weighted by Gasteiger charge is 2.28. The monoisotopic (exact) mass is 579 g/mol. The number of amides is 1. The molecule has 40 heavy (non-hydrogen) atoms. The van der Waals surface area contributed by atoms with Crippen LogP contribution in [0.15, 0.2) is 71.6 Å². The van der Waals surface area contributed by atoms with Crippen LogP contribution in [-0.2, 0) is 23.0 Å². The Morgan fingerprint density at radius 3 is 2.42 bits per heavy atom. The molecule has 1 aromatic heterocycles. The number of para-hydroxylation sites is 1. The zero-order valence-corrected chi connectivity index (χ0v) is 23.6. The number of piperazine rings is 1. The molecule has 0 bridgehead atoms. The van der Waals surface area contributed by atoms with Crippen molar-refractivity contribution in [2.45, 2.75) is 17.9 Å². The number of nitrogens with zero attached hydrogens (tertiary/aromatic N) is 4. The first-order valence-corrected chi connectivity index (χ1v) is 15.6. The van der Waals surface area contributed by atoms with Gasteiger partial charge in [-0.1, -0.05) is 41.7 Å². The first-order valence-electron chi connectivity index (χ1n) is 13.4. The molecule has 0 spiro atoms. The van der Waals surface area contributed by atoms with Gasteiger partial charge in [0.25, 0.3) is 5.91 Å². The van der Waals surface area contributed by atoms with E-state index in [1.165, 1.54) is 39.4 Å². The molecule has 0 radical (unpaired) electrons. The van der Waals surface area contributed by atoms with E-state index in [9.17, 15) is 17.6 Å². The zero-order chi connectivity index (χ0) is 27.7. The topological polar surface area (TPSA) is 85.9 Å². The largest absolute Gasteiger partial charge is 0.351 e. The van der Waals surface area contributed by atoms with E-state index in [0.29, 0.717) is 43.7 Å². The maximum Gasteiger partial charge on any atom is 0.251 e. The SMILES string of the molecule is O=C(NCCN1CCN(c2nc3c(F)cccc3s2)CC1)c1ccc(S(=O)(=O)N2CCc3ccccc3C2)cc1. The summed E-state index contributed by atoms with van der Waals surface area (Å²) in [6, 6.07) is 19.1. The molecule has 0 unspecified atom stereocenters. The molecule has 3 aromatic carbocycles. The van der Waals surface area contributed by atoms with Gasteiger partial charge in [0, 0.05) is 57.9 Å². The lowest BCUT2D eigenvalue weighted by Crippen LogP contribution is -2.48. The van der Waals surface area contributed by atoms with Crippen molar-refractivity contribution >= 4 is 42.6 Å². The summed E-state index contributed by atoms with van der Waals surface area (Å²) in [6.07, 6.45) is 0.687. The predicted molar refractivity (Wildman–Crippen MR) is 155 cm³/mol. The van der Waals surface area contributed by atoms with Crippen LogP contribution in [0.4, 0.5) is 9.52 Å². The number of fused-ring (bicyclic) bond motifs is 2. The highest BCUT2D eigenvalue weighted by Crippen LogP contribution is 2.30. The van der Waals surface area contributed by atoms with Crippen molar-refractivity contribution in [1.82, 2.24) is 19.5 Å². The Bertz CT molecular complexity index is 1630. The third kappa shape index (κ3) is 5.46. The summed E-state index contributed by atoms with van der Waals surface area (Å²) >= 11 is 1.51. The molecule has 2 aliphatic heterocycles. The molecule has 1 N–H and O–H groups in total. The fraction of sp³-hybridized carbons (Fsp3) is 0.310. The van der Waals surface area contributed by atoms with Gasteiger partial charge in [-0.05, 0) is 53.9 Å². The van der Waals surface area contributed by atoms with E-state index in [2.05, 4.69) is 20.1 Å². The van der Waals surface area contributed by atoms with Gasteiger partial charge in [-0.15, -0.1) is 0 Å². The molecule has 2 aliphatic rings. The first kappa shape index (κ1) is 26.8. The van der Waals surface area contributed by atoms with Crippen molar-refractivity contribution in [2.24, 2.45) is 0 Å². The Hall–Kier alpha value is -3.38. The van der Waals surface area contributed by atoms with E-state index in [-0.39, 0.29) is 16.6 Å². The van der Waals surface area contributed by atoms with Crippen LogP contribution >= 0.6 is 11.3 Å². The lowest BCUT2D eigenvalue weighted by Gasteiger charge is -2.34. The number of halogens is 1. The van der Waals surface area contributed by atoms with Crippen molar-refractivity contribution < 1.29 is 17.6 Å². The second kappa shape index (κ2) is 11.2. The number of hydrogen-bond donors (Lipinski definition) is 1. The molecule has 6 rings (SSSR count). The molecule has 0 saturated carbocycles. The van der Waals surface area contributed by atoms with Crippen LogP contribution in [0.3, 0.4) is 0 Å². The summed E-state index contributed by atoms with van der Waals surface area (Å²) in [5.41, 5.74) is 3.07. The molecular weight excluding hydrogens is 549 g/mol. The van der Waals surface area contributed by atoms with Gasteiger partial charge < -0.3 is 10.2 Å². The highest BCUT2D eigenvalue weighted by molar-refractivity contribution is 7.89. The smallest absolute Gasteiger partial charge is 0.251 e. The molecule has 1 amide bonds. The molecule has 0 aliphatic carbocycles. The Kier molecular flexibility index (Phi) is 7.54. The first-order chi connectivity index (χ1) is 19.4.